The summed E-state index contributed by atoms with van der Waals surface area (Å²) in [7, 11) is 0. The first kappa shape index (κ1) is 21.3. The Morgan fingerprint density at radius 2 is 1.03 bits per heavy atom. The number of allylic oxidation sites excluding steroid dienone is 2. The molecule has 6 aliphatic rings. The molecule has 0 heterocycles. The summed E-state index contributed by atoms with van der Waals surface area (Å²) in [6.07, 6.45) is 11.5. The Morgan fingerprint density at radius 1 is 0.667 bits per heavy atom. The van der Waals surface area contributed by atoms with E-state index in [-0.39, 0.29) is 0 Å². The number of hydrogen-bond acceptors (Lipinski definition) is 0. The molecule has 6 rings (SSSR count). The van der Waals surface area contributed by atoms with Crippen LogP contribution in [-0.4, -0.2) is 0 Å². The van der Waals surface area contributed by atoms with Gasteiger partial charge in [-0.1, -0.05) is 65.8 Å². The van der Waals surface area contributed by atoms with Crippen molar-refractivity contribution < 1.29 is 0 Å². The van der Waals surface area contributed by atoms with Crippen LogP contribution in [0.2, 0.25) is 0 Å². The average Bonchev–Trinajstić information content (AvgIpc) is 3.35. The molecular formula is C30H48. The minimum Gasteiger partial charge on any atom is -0.0996 e. The van der Waals surface area contributed by atoms with Crippen LogP contribution >= 0.6 is 0 Å². The van der Waals surface area contributed by atoms with E-state index in [0.29, 0.717) is 10.8 Å². The predicted molar refractivity (Wildman–Crippen MR) is 129 cm³/mol. The number of fused-ring (bicyclic) bond motifs is 8. The SMILES string of the molecule is C=C1CCC2C1C1C(C(C)C)CCC21C.C=C1CCC2C1C1C(C(C)C)CCC21C. The van der Waals surface area contributed by atoms with Crippen LogP contribution in [0.15, 0.2) is 24.3 Å². The molecule has 0 spiro atoms. The molecule has 0 aromatic carbocycles. The highest BCUT2D eigenvalue weighted by molar-refractivity contribution is 5.27. The fraction of sp³-hybridized carbons (Fsp3) is 0.867. The van der Waals surface area contributed by atoms with E-state index in [1.54, 1.807) is 11.1 Å². The molecule has 0 saturated heterocycles. The molecule has 6 fully saturated rings. The van der Waals surface area contributed by atoms with Gasteiger partial charge in [-0.3, -0.25) is 0 Å². The second kappa shape index (κ2) is 6.99. The maximum atomic E-state index is 4.32. The molecule has 10 atom stereocenters. The summed E-state index contributed by atoms with van der Waals surface area (Å²) in [5.41, 5.74) is 4.60. The molecule has 168 valence electrons. The van der Waals surface area contributed by atoms with Crippen molar-refractivity contribution in [2.75, 3.05) is 0 Å². The van der Waals surface area contributed by atoms with Crippen LogP contribution in [0.3, 0.4) is 0 Å². The topological polar surface area (TPSA) is 0 Å². The first-order valence-corrected chi connectivity index (χ1v) is 13.5. The third-order valence-corrected chi connectivity index (χ3v) is 12.0. The maximum absolute atomic E-state index is 4.32. The van der Waals surface area contributed by atoms with Crippen molar-refractivity contribution in [2.45, 2.75) is 92.9 Å². The molecule has 10 unspecified atom stereocenters. The molecule has 30 heavy (non-hydrogen) atoms. The minimum atomic E-state index is 0.707. The van der Waals surface area contributed by atoms with Crippen LogP contribution in [0, 0.1) is 70.0 Å². The standard InChI is InChI=1S/2C15H24/c2*1-9(2)11-7-8-15(4)12-6-5-10(3)13(12)14(11)15/h2*9,11-14H,3,5-8H2,1-2,4H3. The van der Waals surface area contributed by atoms with Gasteiger partial charge in [-0.05, 0) is 121 Å². The highest BCUT2D eigenvalue weighted by Crippen LogP contribution is 2.74. The molecule has 6 aliphatic carbocycles. The lowest BCUT2D eigenvalue weighted by Crippen LogP contribution is -2.52. The fourth-order valence-electron chi connectivity index (χ4n) is 10.5. The lowest BCUT2D eigenvalue weighted by molar-refractivity contribution is -0.0770. The van der Waals surface area contributed by atoms with Gasteiger partial charge in [0.2, 0.25) is 0 Å². The zero-order valence-electron chi connectivity index (χ0n) is 20.8. The zero-order valence-corrected chi connectivity index (χ0v) is 20.8. The van der Waals surface area contributed by atoms with Crippen LogP contribution in [0.1, 0.15) is 92.9 Å². The van der Waals surface area contributed by atoms with E-state index >= 15 is 0 Å². The van der Waals surface area contributed by atoms with Crippen molar-refractivity contribution in [1.29, 1.82) is 0 Å². The summed E-state index contributed by atoms with van der Waals surface area (Å²) in [6, 6.07) is 0. The second-order valence-corrected chi connectivity index (χ2v) is 13.6. The maximum Gasteiger partial charge on any atom is -0.0136 e. The van der Waals surface area contributed by atoms with Crippen molar-refractivity contribution in [3.63, 3.8) is 0 Å². The second-order valence-electron chi connectivity index (χ2n) is 13.6. The van der Waals surface area contributed by atoms with Crippen molar-refractivity contribution >= 4 is 0 Å². The Hall–Kier alpha value is -0.520. The van der Waals surface area contributed by atoms with Crippen molar-refractivity contribution in [3.8, 4) is 0 Å². The van der Waals surface area contributed by atoms with Gasteiger partial charge in [0.15, 0.2) is 0 Å². The van der Waals surface area contributed by atoms with E-state index in [4.69, 9.17) is 0 Å². The average molecular weight is 409 g/mol. The molecule has 0 aromatic rings. The Morgan fingerprint density at radius 3 is 1.37 bits per heavy atom. The van der Waals surface area contributed by atoms with Gasteiger partial charge < -0.3 is 0 Å². The van der Waals surface area contributed by atoms with Gasteiger partial charge in [0.25, 0.3) is 0 Å². The zero-order chi connectivity index (χ0) is 21.6. The van der Waals surface area contributed by atoms with Crippen molar-refractivity contribution in [3.05, 3.63) is 24.3 Å². The van der Waals surface area contributed by atoms with Crippen LogP contribution in [-0.2, 0) is 0 Å². The third-order valence-electron chi connectivity index (χ3n) is 12.0. The van der Waals surface area contributed by atoms with E-state index in [2.05, 4.69) is 54.7 Å². The first-order chi connectivity index (χ1) is 14.1. The monoisotopic (exact) mass is 408 g/mol. The molecule has 0 heteroatoms. The smallest absolute Gasteiger partial charge is 0.0136 e. The number of hydrogen-bond donors (Lipinski definition) is 0. The van der Waals surface area contributed by atoms with E-state index in [1.165, 1.54) is 51.4 Å². The van der Waals surface area contributed by atoms with Crippen LogP contribution in [0.5, 0.6) is 0 Å². The first-order valence-electron chi connectivity index (χ1n) is 13.5. The molecule has 0 nitrogen and oxygen atoms in total. The summed E-state index contributed by atoms with van der Waals surface area (Å²) in [4.78, 5) is 0. The Bertz CT molecular complexity index is 664. The molecular weight excluding hydrogens is 360 g/mol. The van der Waals surface area contributed by atoms with Crippen molar-refractivity contribution in [1.82, 2.24) is 0 Å². The number of rotatable bonds is 2. The molecule has 6 saturated carbocycles. The van der Waals surface area contributed by atoms with Gasteiger partial charge >= 0.3 is 0 Å². The van der Waals surface area contributed by atoms with Crippen LogP contribution in [0.25, 0.3) is 0 Å². The summed E-state index contributed by atoms with van der Waals surface area (Å²) < 4.78 is 0. The van der Waals surface area contributed by atoms with Gasteiger partial charge in [0.05, 0.1) is 0 Å². The van der Waals surface area contributed by atoms with E-state index in [9.17, 15) is 0 Å². The van der Waals surface area contributed by atoms with Gasteiger partial charge in [0.1, 0.15) is 0 Å². The van der Waals surface area contributed by atoms with E-state index in [1.807, 2.05) is 0 Å². The normalized spacial score (nSPS) is 52.9. The highest BCUT2D eigenvalue weighted by Gasteiger charge is 2.67. The van der Waals surface area contributed by atoms with Crippen molar-refractivity contribution in [2.24, 2.45) is 70.0 Å². The third kappa shape index (κ3) is 2.64. The molecule has 0 bridgehead atoms. The Kier molecular flexibility index (Phi) is 4.97. The molecule has 0 aliphatic heterocycles. The fourth-order valence-corrected chi connectivity index (χ4v) is 10.5. The van der Waals surface area contributed by atoms with Gasteiger partial charge in [-0.25, -0.2) is 0 Å². The predicted octanol–water partition coefficient (Wildman–Crippen LogP) is 8.54. The van der Waals surface area contributed by atoms with Crippen LogP contribution < -0.4 is 0 Å². The largest absolute Gasteiger partial charge is 0.0996 e. The lowest BCUT2D eigenvalue weighted by Gasteiger charge is -2.57. The minimum absolute atomic E-state index is 0.707. The Balaban J connectivity index is 0.000000128. The summed E-state index contributed by atoms with van der Waals surface area (Å²) in [5.74, 6) is 9.61. The lowest BCUT2D eigenvalue weighted by atomic mass is 9.47. The molecule has 0 aromatic heterocycles. The van der Waals surface area contributed by atoms with E-state index in [0.717, 1.165) is 59.2 Å². The van der Waals surface area contributed by atoms with Crippen LogP contribution in [0.4, 0.5) is 0 Å². The molecule has 0 amide bonds. The van der Waals surface area contributed by atoms with Gasteiger partial charge in [0, 0.05) is 0 Å². The Labute approximate surface area is 187 Å². The van der Waals surface area contributed by atoms with E-state index < -0.39 is 0 Å². The molecule has 0 N–H and O–H groups in total. The highest BCUT2D eigenvalue weighted by atomic mass is 14.7. The quantitative estimate of drug-likeness (QED) is 0.401. The summed E-state index contributed by atoms with van der Waals surface area (Å²) in [5, 5.41) is 0. The summed E-state index contributed by atoms with van der Waals surface area (Å²) in [6.45, 7) is 23.5. The van der Waals surface area contributed by atoms with Gasteiger partial charge in [-0.2, -0.15) is 0 Å². The molecule has 0 radical (unpaired) electrons. The summed E-state index contributed by atoms with van der Waals surface area (Å²) >= 11 is 0. The van der Waals surface area contributed by atoms with Gasteiger partial charge in [-0.15, -0.1) is 0 Å².